The number of aliphatic hydroxyl groups is 1. The Hall–Kier alpha value is -4.08. The lowest BCUT2D eigenvalue weighted by Crippen LogP contribution is -2.27. The largest absolute Gasteiger partial charge is 0.489 e. The van der Waals surface area contributed by atoms with Crippen LogP contribution < -0.4 is 18.4 Å². The van der Waals surface area contributed by atoms with Crippen molar-refractivity contribution in [2.24, 2.45) is 0 Å². The summed E-state index contributed by atoms with van der Waals surface area (Å²) in [7, 11) is -4.16. The second-order valence-electron chi connectivity index (χ2n) is 10.4. The topological polar surface area (TPSA) is 108 Å². The molecule has 8 nitrogen and oxygen atoms in total. The molecule has 0 fully saturated rings. The van der Waals surface area contributed by atoms with Crippen molar-refractivity contribution >= 4 is 22.0 Å². The van der Waals surface area contributed by atoms with Gasteiger partial charge in [-0.3, -0.25) is 4.79 Å². The second-order valence-corrected chi connectivity index (χ2v) is 11.9. The highest BCUT2D eigenvalue weighted by molar-refractivity contribution is 7.87. The quantitative estimate of drug-likeness (QED) is 0.171. The monoisotopic (exact) mass is 578 g/mol. The van der Waals surface area contributed by atoms with E-state index in [2.05, 4.69) is 6.58 Å². The van der Waals surface area contributed by atoms with Crippen LogP contribution in [0.1, 0.15) is 52.0 Å². The lowest BCUT2D eigenvalue weighted by atomic mass is 9.99. The first-order valence-electron chi connectivity index (χ1n) is 13.1. The number of hydrogen-bond donors (Lipinski definition) is 1. The average molecular weight is 579 g/mol. The highest BCUT2D eigenvalue weighted by Crippen LogP contribution is 2.39. The lowest BCUT2D eigenvalue weighted by molar-refractivity contribution is 0.0914. The molecule has 0 saturated carbocycles. The smallest absolute Gasteiger partial charge is 0.339 e. The molecule has 0 bridgehead atoms. The van der Waals surface area contributed by atoms with Crippen molar-refractivity contribution in [2.45, 2.75) is 51.7 Å². The van der Waals surface area contributed by atoms with Gasteiger partial charge in [0.05, 0.1) is 17.7 Å². The van der Waals surface area contributed by atoms with Crippen LogP contribution in [0.25, 0.3) is 6.08 Å². The summed E-state index contributed by atoms with van der Waals surface area (Å²) in [6, 6.07) is 11.2. The maximum Gasteiger partial charge on any atom is 0.339 e. The van der Waals surface area contributed by atoms with Gasteiger partial charge in [-0.25, -0.2) is 0 Å². The zero-order valence-electron chi connectivity index (χ0n) is 23.8. The van der Waals surface area contributed by atoms with Gasteiger partial charge in [0, 0.05) is 11.6 Å². The van der Waals surface area contributed by atoms with Gasteiger partial charge in [-0.1, -0.05) is 30.4 Å². The van der Waals surface area contributed by atoms with Gasteiger partial charge >= 0.3 is 10.1 Å². The van der Waals surface area contributed by atoms with Gasteiger partial charge in [0.1, 0.15) is 40.1 Å². The van der Waals surface area contributed by atoms with Crippen LogP contribution in [0, 0.1) is 20.8 Å². The van der Waals surface area contributed by atoms with E-state index in [-0.39, 0.29) is 41.8 Å². The number of ketones is 1. The molecule has 3 aromatic carbocycles. The summed E-state index contributed by atoms with van der Waals surface area (Å²) in [4.78, 5) is 13.4. The maximum absolute atomic E-state index is 13.3. The van der Waals surface area contributed by atoms with Gasteiger partial charge in [0.15, 0.2) is 6.61 Å². The molecule has 0 aromatic heterocycles. The molecule has 0 amide bonds. The number of carbonyl (C=O) groups is 1. The molecule has 0 radical (unpaired) electrons. The summed E-state index contributed by atoms with van der Waals surface area (Å²) in [5.74, 6) is 0.602. The third-order valence-electron chi connectivity index (χ3n) is 6.45. The van der Waals surface area contributed by atoms with Crippen LogP contribution in [0.15, 0.2) is 66.1 Å². The molecule has 4 rings (SSSR count). The van der Waals surface area contributed by atoms with E-state index in [0.29, 0.717) is 33.8 Å². The van der Waals surface area contributed by atoms with Crippen LogP contribution in [0.5, 0.6) is 23.0 Å². The normalized spacial score (nSPS) is 13.6. The third kappa shape index (κ3) is 6.64. The van der Waals surface area contributed by atoms with E-state index in [0.717, 1.165) is 5.56 Å². The Morgan fingerprint density at radius 3 is 2.41 bits per heavy atom. The second kappa shape index (κ2) is 11.8. The van der Waals surface area contributed by atoms with Crippen molar-refractivity contribution in [1.82, 2.24) is 0 Å². The number of aryl methyl sites for hydroxylation is 3. The van der Waals surface area contributed by atoms with Crippen molar-refractivity contribution in [2.75, 3.05) is 13.2 Å². The molecule has 0 atom stereocenters. The zero-order chi connectivity index (χ0) is 29.9. The molecule has 0 saturated heterocycles. The van der Waals surface area contributed by atoms with Gasteiger partial charge in [-0.05, 0) is 82.2 Å². The molecule has 216 valence electrons. The molecule has 1 aliphatic heterocycles. The average Bonchev–Trinajstić information content (AvgIpc) is 2.88. The molecule has 1 aliphatic rings. The lowest BCUT2D eigenvalue weighted by Gasteiger charge is -2.29. The maximum atomic E-state index is 13.3. The van der Waals surface area contributed by atoms with Crippen LogP contribution in [-0.4, -0.2) is 38.1 Å². The Morgan fingerprint density at radius 1 is 1.05 bits per heavy atom. The number of rotatable bonds is 11. The van der Waals surface area contributed by atoms with Crippen molar-refractivity contribution < 1.29 is 36.7 Å². The molecular weight excluding hydrogens is 544 g/mol. The fourth-order valence-corrected chi connectivity index (χ4v) is 6.11. The molecule has 3 aromatic rings. The van der Waals surface area contributed by atoms with Gasteiger partial charge in [-0.15, -0.1) is 0 Å². The summed E-state index contributed by atoms with van der Waals surface area (Å²) >= 11 is 0. The van der Waals surface area contributed by atoms with Crippen molar-refractivity contribution in [3.63, 3.8) is 0 Å². The number of carbonyl (C=O) groups excluding carboxylic acids is 1. The molecule has 41 heavy (non-hydrogen) atoms. The van der Waals surface area contributed by atoms with Gasteiger partial charge in [0.2, 0.25) is 5.78 Å². The van der Waals surface area contributed by atoms with E-state index in [9.17, 15) is 18.3 Å². The Morgan fingerprint density at radius 2 is 1.76 bits per heavy atom. The van der Waals surface area contributed by atoms with Gasteiger partial charge in [-0.2, -0.15) is 8.42 Å². The molecule has 0 aliphatic carbocycles. The predicted octanol–water partition coefficient (Wildman–Crippen LogP) is 5.88. The molecular formula is C32H34O8S. The number of Topliss-reactive ketones (excluding diaryl/α,β-unsaturated/α-hetero) is 1. The molecule has 0 unspecified atom stereocenters. The van der Waals surface area contributed by atoms with E-state index >= 15 is 0 Å². The minimum atomic E-state index is -4.16. The van der Waals surface area contributed by atoms with Crippen molar-refractivity contribution in [3.05, 3.63) is 94.6 Å². The first-order valence-corrected chi connectivity index (χ1v) is 14.5. The van der Waals surface area contributed by atoms with E-state index in [1.807, 2.05) is 32.9 Å². The Balaban J connectivity index is 1.60. The van der Waals surface area contributed by atoms with Gasteiger partial charge < -0.3 is 23.5 Å². The SMILES string of the molecule is C=CCOc1cc(OS(=O)(=O)c2c(C)cc(C)cc2C)ccc1C(=O)COc1c(CO)ccc2c1C=CC(C)(C)O2. The molecule has 1 heterocycles. The minimum absolute atomic E-state index is 0.00879. The zero-order valence-corrected chi connectivity index (χ0v) is 24.6. The van der Waals surface area contributed by atoms with E-state index < -0.39 is 21.5 Å². The fourth-order valence-electron chi connectivity index (χ4n) is 4.77. The minimum Gasteiger partial charge on any atom is -0.489 e. The molecule has 1 N–H and O–H groups in total. The van der Waals surface area contributed by atoms with Crippen molar-refractivity contribution in [3.8, 4) is 23.0 Å². The summed E-state index contributed by atoms with van der Waals surface area (Å²) < 4.78 is 49.4. The fraction of sp³-hybridized carbons (Fsp3) is 0.281. The number of fused-ring (bicyclic) bond motifs is 1. The van der Waals surface area contributed by atoms with E-state index in [1.165, 1.54) is 24.3 Å². The summed E-state index contributed by atoms with van der Waals surface area (Å²) in [5, 5.41) is 9.88. The van der Waals surface area contributed by atoms with Crippen molar-refractivity contribution in [1.29, 1.82) is 0 Å². The predicted molar refractivity (Wildman–Crippen MR) is 157 cm³/mol. The van der Waals surface area contributed by atoms with Crippen LogP contribution in [0.4, 0.5) is 0 Å². The summed E-state index contributed by atoms with van der Waals surface area (Å²) in [6.07, 6.45) is 5.23. The number of benzene rings is 3. The van der Waals surface area contributed by atoms with Crippen LogP contribution >= 0.6 is 0 Å². The first kappa shape index (κ1) is 29.9. The Kier molecular flexibility index (Phi) is 8.60. The molecule has 0 spiro atoms. The third-order valence-corrected chi connectivity index (χ3v) is 8.01. The van der Waals surface area contributed by atoms with E-state index in [1.54, 1.807) is 38.1 Å². The summed E-state index contributed by atoms with van der Waals surface area (Å²) in [5.41, 5.74) is 2.88. The highest BCUT2D eigenvalue weighted by atomic mass is 32.2. The van der Waals surface area contributed by atoms with Gasteiger partial charge in [0.25, 0.3) is 0 Å². The summed E-state index contributed by atoms with van der Waals surface area (Å²) in [6.45, 7) is 12.2. The Bertz CT molecular complexity index is 1610. The Labute approximate surface area is 241 Å². The van der Waals surface area contributed by atoms with Crippen LogP contribution in [0.3, 0.4) is 0 Å². The number of ether oxygens (including phenoxy) is 3. The molecule has 9 heteroatoms. The van der Waals surface area contributed by atoms with E-state index in [4.69, 9.17) is 18.4 Å². The standard InChI is InChI=1S/C32H34O8S/c1-7-14-37-29-17-24(40-41(35,36)31-21(3)15-20(2)16-22(31)4)9-10-25(29)27(34)19-38-30-23(18-33)8-11-28-26(30)12-13-32(5,6)39-28/h7-13,15-17,33H,1,14,18-19H2,2-6H3. The van der Waals surface area contributed by atoms with Crippen LogP contribution in [-0.2, 0) is 16.7 Å². The van der Waals surface area contributed by atoms with Crippen LogP contribution in [0.2, 0.25) is 0 Å². The highest BCUT2D eigenvalue weighted by Gasteiger charge is 2.27. The number of hydrogen-bond acceptors (Lipinski definition) is 8. The first-order chi connectivity index (χ1) is 19.3. The number of aliphatic hydroxyl groups excluding tert-OH is 1.